The number of nitrogens with two attached hydrogens (primary N) is 1. The minimum Gasteiger partial charge on any atom is -0.330 e. The van der Waals surface area contributed by atoms with E-state index in [-0.39, 0.29) is 11.7 Å². The van der Waals surface area contributed by atoms with Crippen LogP contribution in [0.1, 0.15) is 24.5 Å². The molecule has 4 nitrogen and oxygen atoms in total. The Morgan fingerprint density at radius 3 is 2.93 bits per heavy atom. The molecule has 14 heavy (non-hydrogen) atoms. The summed E-state index contributed by atoms with van der Waals surface area (Å²) in [7, 11) is 0. The van der Waals surface area contributed by atoms with Crippen LogP contribution >= 0.6 is 0 Å². The zero-order chi connectivity index (χ0) is 10.1. The Labute approximate surface area is 80.1 Å². The first kappa shape index (κ1) is 9.51. The van der Waals surface area contributed by atoms with E-state index in [4.69, 9.17) is 5.73 Å². The third-order valence-corrected chi connectivity index (χ3v) is 2.60. The Kier molecular flexibility index (Phi) is 2.45. The Morgan fingerprint density at radius 1 is 1.50 bits per heavy atom. The fourth-order valence-electron chi connectivity index (χ4n) is 1.77. The highest BCUT2D eigenvalue weighted by molar-refractivity contribution is 5.01. The molecule has 2 N–H and O–H groups in total. The highest BCUT2D eigenvalue weighted by atomic mass is 19.3. The van der Waals surface area contributed by atoms with E-state index in [9.17, 15) is 8.78 Å². The zero-order valence-electron chi connectivity index (χ0n) is 7.66. The van der Waals surface area contributed by atoms with Crippen molar-refractivity contribution in [2.24, 2.45) is 11.7 Å². The van der Waals surface area contributed by atoms with Crippen LogP contribution in [-0.2, 0) is 13.0 Å². The van der Waals surface area contributed by atoms with E-state index in [0.29, 0.717) is 25.3 Å². The van der Waals surface area contributed by atoms with Gasteiger partial charge in [0.25, 0.3) is 6.43 Å². The van der Waals surface area contributed by atoms with Gasteiger partial charge in [0.15, 0.2) is 5.82 Å². The fraction of sp³-hybridized carbons (Fsp3) is 0.750. The second-order valence-electron chi connectivity index (χ2n) is 3.53. The van der Waals surface area contributed by atoms with Crippen LogP contribution in [-0.4, -0.2) is 21.3 Å². The van der Waals surface area contributed by atoms with Gasteiger partial charge in [-0.1, -0.05) is 0 Å². The molecule has 1 aliphatic heterocycles. The average Bonchev–Trinajstić information content (AvgIpc) is 2.59. The summed E-state index contributed by atoms with van der Waals surface area (Å²) in [5.41, 5.74) is 5.51. The third kappa shape index (κ3) is 1.50. The lowest BCUT2D eigenvalue weighted by Gasteiger charge is -2.22. The quantitative estimate of drug-likeness (QED) is 0.769. The van der Waals surface area contributed by atoms with Crippen molar-refractivity contribution in [3.63, 3.8) is 0 Å². The highest BCUT2D eigenvalue weighted by Gasteiger charge is 2.25. The van der Waals surface area contributed by atoms with Crippen molar-refractivity contribution in [2.45, 2.75) is 25.8 Å². The Morgan fingerprint density at radius 2 is 2.29 bits per heavy atom. The maximum atomic E-state index is 12.5. The first-order valence-electron chi connectivity index (χ1n) is 4.62. The SMILES string of the molecule is NC[C@H]1CCc2nnc(C(F)F)n2C1. The molecular formula is C8H12F2N4. The van der Waals surface area contributed by atoms with Gasteiger partial charge in [0.1, 0.15) is 5.82 Å². The molecule has 1 aromatic heterocycles. The van der Waals surface area contributed by atoms with Crippen LogP contribution in [0.2, 0.25) is 0 Å². The number of nitrogens with zero attached hydrogens (tertiary/aromatic N) is 3. The van der Waals surface area contributed by atoms with Crippen molar-refractivity contribution in [3.05, 3.63) is 11.6 Å². The predicted octanol–water partition coefficient (Wildman–Crippen LogP) is 0.737. The molecule has 1 aliphatic rings. The van der Waals surface area contributed by atoms with E-state index < -0.39 is 6.43 Å². The number of alkyl halides is 2. The average molecular weight is 202 g/mol. The first-order valence-corrected chi connectivity index (χ1v) is 4.62. The molecule has 0 bridgehead atoms. The maximum absolute atomic E-state index is 12.5. The zero-order valence-corrected chi connectivity index (χ0v) is 7.66. The molecule has 0 unspecified atom stereocenters. The number of aryl methyl sites for hydroxylation is 1. The van der Waals surface area contributed by atoms with Gasteiger partial charge in [-0.15, -0.1) is 10.2 Å². The molecule has 2 heterocycles. The second-order valence-corrected chi connectivity index (χ2v) is 3.53. The summed E-state index contributed by atoms with van der Waals surface area (Å²) >= 11 is 0. The lowest BCUT2D eigenvalue weighted by atomic mass is 10.00. The summed E-state index contributed by atoms with van der Waals surface area (Å²) < 4.78 is 26.4. The number of rotatable bonds is 2. The lowest BCUT2D eigenvalue weighted by Crippen LogP contribution is -2.27. The molecule has 1 atom stereocenters. The molecule has 0 spiro atoms. The molecule has 0 radical (unpaired) electrons. The number of hydrogen-bond acceptors (Lipinski definition) is 3. The van der Waals surface area contributed by atoms with Gasteiger partial charge in [-0.25, -0.2) is 8.78 Å². The van der Waals surface area contributed by atoms with Gasteiger partial charge in [-0.3, -0.25) is 0 Å². The van der Waals surface area contributed by atoms with Gasteiger partial charge in [-0.05, 0) is 18.9 Å². The summed E-state index contributed by atoms with van der Waals surface area (Å²) in [5, 5.41) is 7.23. The van der Waals surface area contributed by atoms with Crippen molar-refractivity contribution in [2.75, 3.05) is 6.54 Å². The molecule has 0 saturated carbocycles. The van der Waals surface area contributed by atoms with E-state index in [2.05, 4.69) is 10.2 Å². The van der Waals surface area contributed by atoms with E-state index in [1.54, 1.807) is 0 Å². The van der Waals surface area contributed by atoms with Gasteiger partial charge < -0.3 is 10.3 Å². The molecule has 0 fully saturated rings. The normalized spacial score (nSPS) is 21.3. The second kappa shape index (κ2) is 3.61. The van der Waals surface area contributed by atoms with Crippen LogP contribution in [0, 0.1) is 5.92 Å². The van der Waals surface area contributed by atoms with Crippen LogP contribution in [0.25, 0.3) is 0 Å². The summed E-state index contributed by atoms with van der Waals surface area (Å²) in [5.74, 6) is 0.708. The number of hydrogen-bond donors (Lipinski definition) is 1. The highest BCUT2D eigenvalue weighted by Crippen LogP contribution is 2.24. The summed E-state index contributed by atoms with van der Waals surface area (Å²) in [6.07, 6.45) is -0.938. The van der Waals surface area contributed by atoms with Gasteiger partial charge in [-0.2, -0.15) is 0 Å². The third-order valence-electron chi connectivity index (χ3n) is 2.60. The van der Waals surface area contributed by atoms with Gasteiger partial charge in [0.2, 0.25) is 0 Å². The Bertz CT molecular complexity index is 323. The molecule has 6 heteroatoms. The minimum atomic E-state index is -2.55. The topological polar surface area (TPSA) is 56.7 Å². The van der Waals surface area contributed by atoms with Gasteiger partial charge in [0.05, 0.1) is 0 Å². The van der Waals surface area contributed by atoms with Gasteiger partial charge in [0, 0.05) is 13.0 Å². The number of aromatic nitrogens is 3. The fourth-order valence-corrected chi connectivity index (χ4v) is 1.77. The lowest BCUT2D eigenvalue weighted by molar-refractivity contribution is 0.131. The van der Waals surface area contributed by atoms with Crippen molar-refractivity contribution in [1.29, 1.82) is 0 Å². The Balaban J connectivity index is 2.28. The van der Waals surface area contributed by atoms with Crippen LogP contribution in [0.4, 0.5) is 8.78 Å². The van der Waals surface area contributed by atoms with Crippen LogP contribution < -0.4 is 5.73 Å². The van der Waals surface area contributed by atoms with Crippen molar-refractivity contribution < 1.29 is 8.78 Å². The standard InChI is InChI=1S/C8H12F2N4/c9-7(10)8-13-12-6-2-1-5(3-11)4-14(6)8/h5,7H,1-4,11H2/t5-/m1/s1. The van der Waals surface area contributed by atoms with Gasteiger partial charge >= 0.3 is 0 Å². The van der Waals surface area contributed by atoms with Crippen molar-refractivity contribution >= 4 is 0 Å². The first-order chi connectivity index (χ1) is 6.72. The van der Waals surface area contributed by atoms with Crippen LogP contribution in [0.15, 0.2) is 0 Å². The van der Waals surface area contributed by atoms with E-state index in [1.807, 2.05) is 0 Å². The molecule has 0 aromatic carbocycles. The van der Waals surface area contributed by atoms with Crippen molar-refractivity contribution in [1.82, 2.24) is 14.8 Å². The minimum absolute atomic E-state index is 0.224. The molecule has 0 aliphatic carbocycles. The van der Waals surface area contributed by atoms with E-state index in [0.717, 1.165) is 6.42 Å². The van der Waals surface area contributed by atoms with Crippen molar-refractivity contribution in [3.8, 4) is 0 Å². The molecule has 1 aromatic rings. The maximum Gasteiger partial charge on any atom is 0.297 e. The van der Waals surface area contributed by atoms with Crippen LogP contribution in [0.5, 0.6) is 0 Å². The Hall–Kier alpha value is -1.04. The van der Waals surface area contributed by atoms with Crippen LogP contribution in [0.3, 0.4) is 0 Å². The summed E-state index contributed by atoms with van der Waals surface area (Å²) in [6.45, 7) is 1.05. The number of fused-ring (bicyclic) bond motifs is 1. The molecular weight excluding hydrogens is 190 g/mol. The molecule has 78 valence electrons. The van der Waals surface area contributed by atoms with E-state index >= 15 is 0 Å². The summed E-state index contributed by atoms with van der Waals surface area (Å²) in [6, 6.07) is 0. The monoisotopic (exact) mass is 202 g/mol. The smallest absolute Gasteiger partial charge is 0.297 e. The molecule has 2 rings (SSSR count). The molecule has 0 amide bonds. The predicted molar refractivity (Wildman–Crippen MR) is 45.8 cm³/mol. The number of halogens is 2. The molecule has 0 saturated heterocycles. The van der Waals surface area contributed by atoms with E-state index in [1.165, 1.54) is 4.57 Å². The largest absolute Gasteiger partial charge is 0.330 e. The summed E-state index contributed by atoms with van der Waals surface area (Å²) in [4.78, 5) is 0.